The first-order valence-corrected chi connectivity index (χ1v) is 21.4. The summed E-state index contributed by atoms with van der Waals surface area (Å²) in [5, 5.41) is 9.49. The molecular formula is C19H27As2NO3S2. The van der Waals surface area contributed by atoms with Gasteiger partial charge in [-0.2, -0.15) is 0 Å². The van der Waals surface area contributed by atoms with E-state index in [4.69, 9.17) is 5.11 Å². The van der Waals surface area contributed by atoms with E-state index in [9.17, 15) is 9.59 Å². The van der Waals surface area contributed by atoms with Gasteiger partial charge in [-0.25, -0.2) is 0 Å². The van der Waals surface area contributed by atoms with Gasteiger partial charge in [0.15, 0.2) is 0 Å². The van der Waals surface area contributed by atoms with Crippen LogP contribution in [0, 0.1) is 0 Å². The van der Waals surface area contributed by atoms with E-state index in [1.165, 1.54) is 0 Å². The van der Waals surface area contributed by atoms with E-state index >= 15 is 0 Å². The van der Waals surface area contributed by atoms with Gasteiger partial charge in [0.05, 0.1) is 0 Å². The van der Waals surface area contributed by atoms with Crippen molar-refractivity contribution in [3.63, 3.8) is 0 Å². The van der Waals surface area contributed by atoms with Crippen LogP contribution in [0.3, 0.4) is 0 Å². The van der Waals surface area contributed by atoms with Gasteiger partial charge < -0.3 is 0 Å². The molecule has 0 unspecified atom stereocenters. The van der Waals surface area contributed by atoms with E-state index in [0.717, 1.165) is 10.5 Å². The van der Waals surface area contributed by atoms with Crippen molar-refractivity contribution in [2.24, 2.45) is 0 Å². The van der Waals surface area contributed by atoms with Crippen molar-refractivity contribution < 1.29 is 14.7 Å². The van der Waals surface area contributed by atoms with Gasteiger partial charge in [-0.15, -0.1) is 0 Å². The molecule has 0 spiro atoms. The van der Waals surface area contributed by atoms with Crippen LogP contribution in [0.4, 0.5) is 0 Å². The van der Waals surface area contributed by atoms with Crippen LogP contribution in [0.5, 0.6) is 0 Å². The molecule has 0 saturated heterocycles. The Kier molecular flexibility index (Phi) is 13.2. The SMILES string of the molecule is C.CC(=O)c1ccccc1S[As](C)C.C[As](C)Sc1ncccc1C(=O)O. The van der Waals surface area contributed by atoms with Crippen molar-refractivity contribution in [2.75, 3.05) is 0 Å². The topological polar surface area (TPSA) is 67.3 Å². The molecule has 2 aromatic rings. The first-order valence-electron chi connectivity index (χ1n) is 7.71. The van der Waals surface area contributed by atoms with E-state index in [1.54, 1.807) is 35.3 Å². The molecule has 0 aliphatic carbocycles. The molecule has 4 nitrogen and oxygen atoms in total. The third-order valence-corrected chi connectivity index (χ3v) is 11.5. The first-order chi connectivity index (χ1) is 12.2. The third-order valence-electron chi connectivity index (χ3n) is 2.82. The number of rotatable bonds is 6. The maximum absolute atomic E-state index is 11.3. The Morgan fingerprint density at radius 3 is 2.00 bits per heavy atom. The number of carbonyl (C=O) groups is 2. The van der Waals surface area contributed by atoms with E-state index in [-0.39, 0.29) is 13.2 Å². The summed E-state index contributed by atoms with van der Waals surface area (Å²) in [7, 11) is 3.49. The molecule has 148 valence electrons. The number of benzene rings is 1. The molecular weight excluding hydrogens is 504 g/mol. The van der Waals surface area contributed by atoms with Crippen molar-refractivity contribution >= 4 is 58.8 Å². The molecule has 2 rings (SSSR count). The van der Waals surface area contributed by atoms with Gasteiger partial charge in [-0.3, -0.25) is 0 Å². The number of carboxylic acid groups (broad SMARTS) is 1. The summed E-state index contributed by atoms with van der Waals surface area (Å²) < 4.78 is 0. The standard InChI is InChI=1S/C10H13AsOS.C8H10AsNO2S.CH4/c1-8(12)9-6-4-5-7-10(9)13-11(2)3;1-9(2)13-7-6(8(11)12)4-3-5-10-7;/h4-7H,1-3H3;3-5H,1-2H3,(H,11,12);1H4. The summed E-state index contributed by atoms with van der Waals surface area (Å²) in [4.78, 5) is 27.2. The second-order valence-electron chi connectivity index (χ2n) is 5.52. The van der Waals surface area contributed by atoms with Crippen LogP contribution in [0.15, 0.2) is 52.5 Å². The molecule has 0 aliphatic heterocycles. The second kappa shape index (κ2) is 13.5. The first kappa shape index (κ1) is 26.3. The van der Waals surface area contributed by atoms with Crippen LogP contribution >= 0.6 is 20.0 Å². The Labute approximate surface area is 178 Å². The average molecular weight is 531 g/mol. The molecule has 1 heterocycles. The van der Waals surface area contributed by atoms with Gasteiger partial charge in [0.25, 0.3) is 0 Å². The fourth-order valence-electron chi connectivity index (χ4n) is 1.83. The number of carboxylic acids is 1. The molecule has 0 fully saturated rings. The summed E-state index contributed by atoms with van der Waals surface area (Å²) in [5.74, 6) is -0.731. The molecule has 0 bridgehead atoms. The van der Waals surface area contributed by atoms with Crippen molar-refractivity contribution in [2.45, 2.75) is 47.1 Å². The quantitative estimate of drug-likeness (QED) is 0.365. The van der Waals surface area contributed by atoms with Gasteiger partial charge in [0.2, 0.25) is 0 Å². The molecule has 0 atom stereocenters. The van der Waals surface area contributed by atoms with Crippen LogP contribution in [0.2, 0.25) is 22.8 Å². The molecule has 8 heteroatoms. The zero-order valence-corrected chi connectivity index (χ0v) is 20.8. The normalized spacial score (nSPS) is 10.0. The zero-order valence-electron chi connectivity index (χ0n) is 15.5. The molecule has 1 aromatic heterocycles. The minimum absolute atomic E-state index is 0. The fraction of sp³-hybridized carbons (Fsp3) is 0.316. The average Bonchev–Trinajstić information content (AvgIpc) is 2.55. The van der Waals surface area contributed by atoms with E-state index in [0.29, 0.717) is 10.6 Å². The predicted molar refractivity (Wildman–Crippen MR) is 121 cm³/mol. The van der Waals surface area contributed by atoms with Gasteiger partial charge >= 0.3 is 172 Å². The van der Waals surface area contributed by atoms with Crippen LogP contribution in [-0.4, -0.2) is 48.8 Å². The Bertz CT molecular complexity index is 692. The van der Waals surface area contributed by atoms with E-state index in [2.05, 4.69) is 27.8 Å². The van der Waals surface area contributed by atoms with Gasteiger partial charge in [-0.05, 0) is 0 Å². The minimum atomic E-state index is -0.936. The molecule has 1 aromatic carbocycles. The Morgan fingerprint density at radius 2 is 1.48 bits per heavy atom. The van der Waals surface area contributed by atoms with Crippen LogP contribution < -0.4 is 0 Å². The predicted octanol–water partition coefficient (Wildman–Crippen LogP) is 5.99. The number of Topliss-reactive ketones (excluding diaryl/α,β-unsaturated/α-hetero) is 1. The number of nitrogens with zero attached hydrogens (tertiary/aromatic N) is 1. The number of aromatic carboxylic acids is 1. The number of aromatic nitrogens is 1. The second-order valence-corrected chi connectivity index (χ2v) is 23.4. The number of hydrogen-bond donors (Lipinski definition) is 1. The van der Waals surface area contributed by atoms with E-state index in [1.807, 2.05) is 34.3 Å². The van der Waals surface area contributed by atoms with Gasteiger partial charge in [0, 0.05) is 0 Å². The zero-order chi connectivity index (χ0) is 19.7. The van der Waals surface area contributed by atoms with Crippen molar-refractivity contribution in [1.29, 1.82) is 0 Å². The Morgan fingerprint density at radius 1 is 0.926 bits per heavy atom. The van der Waals surface area contributed by atoms with Crippen LogP contribution in [0.25, 0.3) is 0 Å². The number of pyridine rings is 1. The monoisotopic (exact) mass is 531 g/mol. The van der Waals surface area contributed by atoms with Crippen LogP contribution in [-0.2, 0) is 0 Å². The molecule has 0 amide bonds. The molecule has 0 radical (unpaired) electrons. The summed E-state index contributed by atoms with van der Waals surface area (Å²) >= 11 is -1.70. The van der Waals surface area contributed by atoms with Crippen molar-refractivity contribution in [3.8, 4) is 0 Å². The van der Waals surface area contributed by atoms with E-state index < -0.39 is 33.0 Å². The molecule has 0 saturated carbocycles. The van der Waals surface area contributed by atoms with Crippen molar-refractivity contribution in [1.82, 2.24) is 4.98 Å². The summed E-state index contributed by atoms with van der Waals surface area (Å²) in [6, 6.07) is 11.1. The Balaban J connectivity index is 0.000000483. The third kappa shape index (κ3) is 9.89. The number of hydrogen-bond acceptors (Lipinski definition) is 5. The summed E-state index contributed by atoms with van der Waals surface area (Å²) in [5.41, 5.74) is 10.0. The molecule has 0 aliphatic rings. The number of ketones is 1. The molecule has 27 heavy (non-hydrogen) atoms. The maximum atomic E-state index is 11.3. The molecule has 1 N–H and O–H groups in total. The fourth-order valence-corrected chi connectivity index (χ4v) is 9.95. The van der Waals surface area contributed by atoms with Crippen LogP contribution in [0.1, 0.15) is 35.1 Å². The van der Waals surface area contributed by atoms with Gasteiger partial charge in [-0.1, -0.05) is 7.43 Å². The van der Waals surface area contributed by atoms with Gasteiger partial charge in [0.1, 0.15) is 0 Å². The Hall–Kier alpha value is -0.673. The van der Waals surface area contributed by atoms with Crippen molar-refractivity contribution in [3.05, 3.63) is 53.7 Å². The summed E-state index contributed by atoms with van der Waals surface area (Å²) in [6.07, 6.45) is 1.63. The number of carbonyl (C=O) groups excluding carboxylic acids is 1. The summed E-state index contributed by atoms with van der Waals surface area (Å²) in [6.45, 7) is 1.63.